The van der Waals surface area contributed by atoms with Gasteiger partial charge in [0.1, 0.15) is 6.10 Å². The zero-order valence-corrected chi connectivity index (χ0v) is 10.0. The summed E-state index contributed by atoms with van der Waals surface area (Å²) in [6.07, 6.45) is 0.407. The van der Waals surface area contributed by atoms with Gasteiger partial charge < -0.3 is 9.26 Å². The number of hydrogen-bond donors (Lipinski definition) is 0. The van der Waals surface area contributed by atoms with Crippen LogP contribution in [0.3, 0.4) is 0 Å². The summed E-state index contributed by atoms with van der Waals surface area (Å²) in [6.45, 7) is 5.74. The Kier molecular flexibility index (Phi) is 6.02. The maximum Gasteiger partial charge on any atom is 0.151 e. The lowest BCUT2D eigenvalue weighted by molar-refractivity contribution is 0.291. The first kappa shape index (κ1) is 11.1. The Morgan fingerprint density at radius 2 is 2.00 bits per heavy atom. The maximum atomic E-state index is 5.71. The molecule has 1 aliphatic rings. The Morgan fingerprint density at radius 3 is 2.42 bits per heavy atom. The summed E-state index contributed by atoms with van der Waals surface area (Å²) in [5.74, 6) is 2.29. The van der Waals surface area contributed by atoms with Gasteiger partial charge in [0.15, 0.2) is 6.55 Å². The molecule has 1 saturated heterocycles. The molecule has 0 aromatic heterocycles. The van der Waals surface area contributed by atoms with Gasteiger partial charge in [-0.3, -0.25) is 0 Å². The first-order chi connectivity index (χ1) is 5.86. The highest BCUT2D eigenvalue weighted by molar-refractivity contribution is 8.86. The van der Waals surface area contributed by atoms with Crippen LogP contribution in [0.2, 0.25) is 0 Å². The van der Waals surface area contributed by atoms with Crippen molar-refractivity contribution in [1.82, 2.24) is 0 Å². The topological polar surface area (TPSA) is 21.8 Å². The molecule has 0 aromatic rings. The first-order valence-electron chi connectivity index (χ1n) is 4.17. The van der Waals surface area contributed by atoms with Crippen molar-refractivity contribution in [1.29, 1.82) is 0 Å². The molecule has 1 fully saturated rings. The van der Waals surface area contributed by atoms with Crippen molar-refractivity contribution in [3.63, 3.8) is 0 Å². The zero-order chi connectivity index (χ0) is 8.81. The Labute approximate surface area is 83.5 Å². The molecule has 1 aliphatic heterocycles. The molecule has 12 heavy (non-hydrogen) atoms. The summed E-state index contributed by atoms with van der Waals surface area (Å²) in [5, 5.41) is 0. The SMILES string of the molecule is CCSP(OCC1CO1)SCC. The van der Waals surface area contributed by atoms with Crippen LogP contribution in [0.1, 0.15) is 13.8 Å². The second-order valence-corrected chi connectivity index (χ2v) is 8.92. The fourth-order valence-electron chi connectivity index (χ4n) is 0.631. The van der Waals surface area contributed by atoms with E-state index in [4.69, 9.17) is 9.26 Å². The van der Waals surface area contributed by atoms with E-state index < -0.39 is 0 Å². The van der Waals surface area contributed by atoms with E-state index in [-0.39, 0.29) is 6.55 Å². The van der Waals surface area contributed by atoms with Crippen molar-refractivity contribution in [2.45, 2.75) is 20.0 Å². The average molecular weight is 226 g/mol. The van der Waals surface area contributed by atoms with Gasteiger partial charge >= 0.3 is 0 Å². The number of epoxide rings is 1. The van der Waals surface area contributed by atoms with E-state index in [9.17, 15) is 0 Å². The molecule has 0 bridgehead atoms. The monoisotopic (exact) mass is 226 g/mol. The van der Waals surface area contributed by atoms with Gasteiger partial charge in [0.05, 0.1) is 13.2 Å². The lowest BCUT2D eigenvalue weighted by Crippen LogP contribution is -1.95. The van der Waals surface area contributed by atoms with Gasteiger partial charge in [0.25, 0.3) is 0 Å². The molecule has 1 heterocycles. The van der Waals surface area contributed by atoms with Crippen molar-refractivity contribution in [3.8, 4) is 0 Å². The molecule has 72 valence electrons. The van der Waals surface area contributed by atoms with Crippen molar-refractivity contribution in [2.24, 2.45) is 0 Å². The third-order valence-electron chi connectivity index (χ3n) is 1.24. The largest absolute Gasteiger partial charge is 0.371 e. The molecule has 0 saturated carbocycles. The molecule has 0 radical (unpaired) electrons. The molecular formula is C7H15O2PS2. The lowest BCUT2D eigenvalue weighted by Gasteiger charge is -2.12. The van der Waals surface area contributed by atoms with Gasteiger partial charge in [-0.2, -0.15) is 0 Å². The van der Waals surface area contributed by atoms with Gasteiger partial charge in [0, 0.05) is 0 Å². The molecule has 0 amide bonds. The third kappa shape index (κ3) is 4.93. The number of rotatable bonds is 7. The highest BCUT2D eigenvalue weighted by atomic mass is 33.1. The molecule has 0 aromatic carbocycles. The van der Waals surface area contributed by atoms with Crippen molar-refractivity contribution in [3.05, 3.63) is 0 Å². The number of ether oxygens (including phenoxy) is 1. The summed E-state index contributed by atoms with van der Waals surface area (Å²) in [5.41, 5.74) is 0. The van der Waals surface area contributed by atoms with Crippen LogP contribution in [0, 0.1) is 0 Å². The van der Waals surface area contributed by atoms with Crippen LogP contribution in [0.15, 0.2) is 0 Å². The summed E-state index contributed by atoms with van der Waals surface area (Å²) >= 11 is 3.84. The second-order valence-electron chi connectivity index (χ2n) is 2.31. The van der Waals surface area contributed by atoms with E-state index in [1.807, 2.05) is 22.8 Å². The molecule has 2 nitrogen and oxygen atoms in total. The first-order valence-corrected chi connectivity index (χ1v) is 8.61. The van der Waals surface area contributed by atoms with E-state index >= 15 is 0 Å². The molecule has 1 atom stereocenters. The van der Waals surface area contributed by atoms with Gasteiger partial charge in [-0.1, -0.05) is 36.6 Å². The normalized spacial score (nSPS) is 21.8. The maximum absolute atomic E-state index is 5.71. The molecule has 1 rings (SSSR count). The van der Waals surface area contributed by atoms with Crippen LogP contribution in [0.4, 0.5) is 0 Å². The van der Waals surface area contributed by atoms with E-state index in [2.05, 4.69) is 13.8 Å². The molecule has 1 unspecified atom stereocenters. The Hall–Kier alpha value is 1.05. The van der Waals surface area contributed by atoms with Gasteiger partial charge in [-0.15, -0.1) is 0 Å². The lowest BCUT2D eigenvalue weighted by atomic mass is 10.5. The molecule has 5 heteroatoms. The number of hydrogen-bond acceptors (Lipinski definition) is 4. The molecule has 0 spiro atoms. The minimum atomic E-state index is -0.300. The molecule has 0 N–H and O–H groups in total. The van der Waals surface area contributed by atoms with Crippen LogP contribution < -0.4 is 0 Å². The fraction of sp³-hybridized carbons (Fsp3) is 1.00. The van der Waals surface area contributed by atoms with E-state index in [1.54, 1.807) is 0 Å². The van der Waals surface area contributed by atoms with Gasteiger partial charge in [-0.05, 0) is 11.5 Å². The summed E-state index contributed by atoms with van der Waals surface area (Å²) in [7, 11) is 0. The van der Waals surface area contributed by atoms with Crippen LogP contribution in [0.5, 0.6) is 0 Å². The Balaban J connectivity index is 2.03. The highest BCUT2D eigenvalue weighted by Crippen LogP contribution is 2.61. The smallest absolute Gasteiger partial charge is 0.151 e. The molecule has 0 aliphatic carbocycles. The minimum absolute atomic E-state index is 0.300. The van der Waals surface area contributed by atoms with Crippen LogP contribution in [-0.2, 0) is 9.26 Å². The van der Waals surface area contributed by atoms with Crippen molar-refractivity contribution < 1.29 is 9.26 Å². The summed E-state index contributed by atoms with van der Waals surface area (Å²) in [4.78, 5) is 0. The van der Waals surface area contributed by atoms with E-state index in [0.717, 1.165) is 24.7 Å². The van der Waals surface area contributed by atoms with Gasteiger partial charge in [-0.25, -0.2) is 0 Å². The van der Waals surface area contributed by atoms with Gasteiger partial charge in [0.2, 0.25) is 0 Å². The second kappa shape index (κ2) is 6.50. The summed E-state index contributed by atoms with van der Waals surface area (Å²) < 4.78 is 10.8. The van der Waals surface area contributed by atoms with Crippen LogP contribution in [0.25, 0.3) is 0 Å². The predicted octanol–water partition coefficient (Wildman–Crippen LogP) is 3.13. The minimum Gasteiger partial charge on any atom is -0.371 e. The standard InChI is InChI=1S/C7H15O2PS2/c1-3-11-10(12-4-2)9-6-7-5-8-7/h7H,3-6H2,1-2H3. The Morgan fingerprint density at radius 1 is 1.42 bits per heavy atom. The van der Waals surface area contributed by atoms with E-state index in [0.29, 0.717) is 6.10 Å². The fourth-order valence-corrected chi connectivity index (χ4v) is 6.43. The molecular weight excluding hydrogens is 211 g/mol. The van der Waals surface area contributed by atoms with Crippen LogP contribution in [-0.4, -0.2) is 30.8 Å². The quantitative estimate of drug-likeness (QED) is 0.491. The zero-order valence-electron chi connectivity index (χ0n) is 7.49. The average Bonchev–Trinajstić information content (AvgIpc) is 2.84. The van der Waals surface area contributed by atoms with Crippen molar-refractivity contribution in [2.75, 3.05) is 24.7 Å². The third-order valence-corrected chi connectivity index (χ3v) is 7.88. The highest BCUT2D eigenvalue weighted by Gasteiger charge is 2.24. The van der Waals surface area contributed by atoms with Crippen LogP contribution >= 0.6 is 29.3 Å². The van der Waals surface area contributed by atoms with Crippen molar-refractivity contribution >= 4 is 29.3 Å². The predicted molar refractivity (Wildman–Crippen MR) is 58.9 cm³/mol. The van der Waals surface area contributed by atoms with E-state index in [1.165, 1.54) is 0 Å². The Bertz CT molecular complexity index is 116. The summed E-state index contributed by atoms with van der Waals surface area (Å²) in [6, 6.07) is 0.